The molecule has 0 bridgehead atoms. The number of nitrogens with one attached hydrogen (secondary N) is 1. The van der Waals surface area contributed by atoms with Gasteiger partial charge in [0.05, 0.1) is 12.4 Å². The summed E-state index contributed by atoms with van der Waals surface area (Å²) >= 11 is 4.40. The monoisotopic (exact) mass is 327 g/mol. The Morgan fingerprint density at radius 2 is 2.11 bits per heavy atom. The Morgan fingerprint density at radius 1 is 1.39 bits per heavy atom. The average Bonchev–Trinajstić information content (AvgIpc) is 2.87. The molecule has 0 atom stereocenters. The molecule has 0 unspecified atom stereocenters. The Morgan fingerprint density at radius 3 is 2.72 bits per heavy atom. The van der Waals surface area contributed by atoms with Crippen LogP contribution in [0, 0.1) is 0 Å². The molecule has 1 aromatic heterocycles. The molecule has 0 aliphatic carbocycles. The lowest BCUT2D eigenvalue weighted by Crippen LogP contribution is -2.11. The maximum atomic E-state index is 11.2. The molecule has 2 rings (SSSR count). The number of ether oxygens (including phenoxy) is 1. The van der Waals surface area contributed by atoms with Crippen molar-refractivity contribution < 1.29 is 9.53 Å². The summed E-state index contributed by atoms with van der Waals surface area (Å²) in [6, 6.07) is 7.51. The van der Waals surface area contributed by atoms with Crippen LogP contribution in [0.3, 0.4) is 0 Å². The molecule has 1 amide bonds. The SMILES string of the molecule is COc1ccc(-c2nnc(NC(=O)CBr)s2)cc1. The highest BCUT2D eigenvalue weighted by molar-refractivity contribution is 9.09. The minimum Gasteiger partial charge on any atom is -0.497 e. The summed E-state index contributed by atoms with van der Waals surface area (Å²) in [4.78, 5) is 11.2. The molecule has 0 fully saturated rings. The fraction of sp³-hybridized carbons (Fsp3) is 0.182. The smallest absolute Gasteiger partial charge is 0.236 e. The van der Waals surface area contributed by atoms with Crippen molar-refractivity contribution in [1.29, 1.82) is 0 Å². The molecule has 1 heterocycles. The van der Waals surface area contributed by atoms with Gasteiger partial charge in [-0.2, -0.15) is 0 Å². The number of hydrogen-bond acceptors (Lipinski definition) is 5. The minimum absolute atomic E-state index is 0.146. The van der Waals surface area contributed by atoms with Gasteiger partial charge in [-0.05, 0) is 24.3 Å². The molecular weight excluding hydrogens is 318 g/mol. The molecule has 7 heteroatoms. The van der Waals surface area contributed by atoms with Crippen LogP contribution in [-0.4, -0.2) is 28.5 Å². The highest BCUT2D eigenvalue weighted by Gasteiger charge is 2.08. The van der Waals surface area contributed by atoms with Crippen LogP contribution < -0.4 is 10.1 Å². The van der Waals surface area contributed by atoms with Crippen molar-refractivity contribution in [3.8, 4) is 16.3 Å². The maximum absolute atomic E-state index is 11.2. The zero-order valence-electron chi connectivity index (χ0n) is 9.51. The van der Waals surface area contributed by atoms with Crippen LogP contribution in [-0.2, 0) is 4.79 Å². The predicted molar refractivity (Wildman–Crippen MR) is 74.3 cm³/mol. The molecule has 5 nitrogen and oxygen atoms in total. The standard InChI is InChI=1S/C11H10BrN3O2S/c1-17-8-4-2-7(3-5-8)10-14-15-11(18-10)13-9(16)6-12/h2-5H,6H2,1H3,(H,13,15,16). The first-order valence-electron chi connectivity index (χ1n) is 5.06. The number of aromatic nitrogens is 2. The summed E-state index contributed by atoms with van der Waals surface area (Å²) in [5.41, 5.74) is 0.938. The van der Waals surface area contributed by atoms with E-state index in [4.69, 9.17) is 4.74 Å². The molecule has 1 aromatic carbocycles. The van der Waals surface area contributed by atoms with E-state index in [1.54, 1.807) is 7.11 Å². The fourth-order valence-electron chi connectivity index (χ4n) is 1.28. The summed E-state index contributed by atoms with van der Waals surface area (Å²) < 4.78 is 5.08. The molecule has 0 radical (unpaired) electrons. The summed E-state index contributed by atoms with van der Waals surface area (Å²) in [5, 5.41) is 12.1. The van der Waals surface area contributed by atoms with Crippen molar-refractivity contribution in [2.24, 2.45) is 0 Å². The molecule has 0 saturated carbocycles. The molecule has 0 spiro atoms. The number of methoxy groups -OCH3 is 1. The third kappa shape index (κ3) is 3.05. The lowest BCUT2D eigenvalue weighted by Gasteiger charge is -1.99. The Bertz CT molecular complexity index is 541. The summed E-state index contributed by atoms with van der Waals surface area (Å²) in [6.45, 7) is 0. The lowest BCUT2D eigenvalue weighted by molar-refractivity contribution is -0.113. The van der Waals surface area contributed by atoms with Gasteiger partial charge < -0.3 is 4.74 Å². The second-order valence-corrected chi connectivity index (χ2v) is 4.86. The maximum Gasteiger partial charge on any atom is 0.236 e. The van der Waals surface area contributed by atoms with Crippen molar-refractivity contribution >= 4 is 38.3 Å². The molecule has 0 aliphatic rings. The number of carbonyl (C=O) groups excluding carboxylic acids is 1. The first-order chi connectivity index (χ1) is 8.72. The topological polar surface area (TPSA) is 64.1 Å². The third-order valence-electron chi connectivity index (χ3n) is 2.13. The van der Waals surface area contributed by atoms with E-state index in [0.717, 1.165) is 16.3 Å². The van der Waals surface area contributed by atoms with E-state index in [0.29, 0.717) is 5.13 Å². The van der Waals surface area contributed by atoms with Gasteiger partial charge in [-0.1, -0.05) is 27.3 Å². The van der Waals surface area contributed by atoms with Gasteiger partial charge in [0, 0.05) is 5.56 Å². The summed E-state index contributed by atoms with van der Waals surface area (Å²) in [5.74, 6) is 0.642. The highest BCUT2D eigenvalue weighted by Crippen LogP contribution is 2.27. The summed E-state index contributed by atoms with van der Waals surface area (Å²) in [7, 11) is 1.62. The molecule has 0 aliphatic heterocycles. The summed E-state index contributed by atoms with van der Waals surface area (Å²) in [6.07, 6.45) is 0. The normalized spacial score (nSPS) is 10.1. The van der Waals surface area contributed by atoms with Crippen molar-refractivity contribution in [3.63, 3.8) is 0 Å². The number of carbonyl (C=O) groups is 1. The van der Waals surface area contributed by atoms with Gasteiger partial charge in [0.2, 0.25) is 11.0 Å². The van der Waals surface area contributed by atoms with E-state index in [-0.39, 0.29) is 11.2 Å². The van der Waals surface area contributed by atoms with Crippen LogP contribution in [0.1, 0.15) is 0 Å². The van der Waals surface area contributed by atoms with Crippen LogP contribution in [0.5, 0.6) is 5.75 Å². The third-order valence-corrected chi connectivity index (χ3v) is 3.53. The van der Waals surface area contributed by atoms with E-state index in [1.165, 1.54) is 11.3 Å². The van der Waals surface area contributed by atoms with Crippen LogP contribution in [0.25, 0.3) is 10.6 Å². The van der Waals surface area contributed by atoms with Crippen molar-refractivity contribution in [2.75, 3.05) is 17.8 Å². The first-order valence-corrected chi connectivity index (χ1v) is 7.00. The number of nitrogens with zero attached hydrogens (tertiary/aromatic N) is 2. The highest BCUT2D eigenvalue weighted by atomic mass is 79.9. The zero-order chi connectivity index (χ0) is 13.0. The zero-order valence-corrected chi connectivity index (χ0v) is 11.9. The first kappa shape index (κ1) is 13.0. The van der Waals surface area contributed by atoms with Crippen LogP contribution in [0.15, 0.2) is 24.3 Å². The second kappa shape index (κ2) is 5.92. The molecule has 1 N–H and O–H groups in total. The van der Waals surface area contributed by atoms with E-state index in [1.807, 2.05) is 24.3 Å². The van der Waals surface area contributed by atoms with Gasteiger partial charge in [0.15, 0.2) is 0 Å². The number of rotatable bonds is 4. The second-order valence-electron chi connectivity index (χ2n) is 3.32. The molecule has 0 saturated heterocycles. The van der Waals surface area contributed by atoms with Crippen molar-refractivity contribution in [2.45, 2.75) is 0 Å². The number of hydrogen-bond donors (Lipinski definition) is 1. The van der Waals surface area contributed by atoms with Crippen molar-refractivity contribution in [3.05, 3.63) is 24.3 Å². The van der Waals surface area contributed by atoms with E-state index in [9.17, 15) is 4.79 Å². The van der Waals surface area contributed by atoms with Gasteiger partial charge in [0.25, 0.3) is 0 Å². The largest absolute Gasteiger partial charge is 0.497 e. The quantitative estimate of drug-likeness (QED) is 0.876. The van der Waals surface area contributed by atoms with E-state index in [2.05, 4.69) is 31.4 Å². The number of halogens is 1. The number of benzene rings is 1. The average molecular weight is 328 g/mol. The fourth-order valence-corrected chi connectivity index (χ4v) is 2.18. The number of alkyl halides is 1. The molecule has 94 valence electrons. The Balaban J connectivity index is 2.15. The number of anilines is 1. The van der Waals surface area contributed by atoms with Crippen LogP contribution >= 0.6 is 27.3 Å². The van der Waals surface area contributed by atoms with Gasteiger partial charge in [-0.3, -0.25) is 10.1 Å². The Hall–Kier alpha value is -1.47. The van der Waals surface area contributed by atoms with E-state index < -0.39 is 0 Å². The van der Waals surface area contributed by atoms with Crippen LogP contribution in [0.2, 0.25) is 0 Å². The molecule has 2 aromatic rings. The van der Waals surface area contributed by atoms with E-state index >= 15 is 0 Å². The Labute approximate surface area is 116 Å². The minimum atomic E-state index is -0.146. The van der Waals surface area contributed by atoms with Gasteiger partial charge in [0.1, 0.15) is 10.8 Å². The van der Waals surface area contributed by atoms with Crippen molar-refractivity contribution in [1.82, 2.24) is 10.2 Å². The predicted octanol–water partition coefficient (Wildman–Crippen LogP) is 2.55. The van der Waals surface area contributed by atoms with Crippen LogP contribution in [0.4, 0.5) is 5.13 Å². The van der Waals surface area contributed by atoms with Gasteiger partial charge >= 0.3 is 0 Å². The molecule has 18 heavy (non-hydrogen) atoms. The van der Waals surface area contributed by atoms with Gasteiger partial charge in [-0.25, -0.2) is 0 Å². The lowest BCUT2D eigenvalue weighted by atomic mass is 10.2. The number of amides is 1. The molecular formula is C11H10BrN3O2S. The Kier molecular flexibility index (Phi) is 4.27. The van der Waals surface area contributed by atoms with Gasteiger partial charge in [-0.15, -0.1) is 10.2 Å².